The van der Waals surface area contributed by atoms with Gasteiger partial charge in [0.25, 0.3) is 0 Å². The molecule has 0 aromatic heterocycles. The minimum absolute atomic E-state index is 0.0674. The van der Waals surface area contributed by atoms with Crippen molar-refractivity contribution >= 4 is 17.7 Å². The average Bonchev–Trinajstić information content (AvgIpc) is 2.84. The number of aliphatic carboxylic acids is 1. The number of rotatable bonds is 14. The highest BCUT2D eigenvalue weighted by Crippen LogP contribution is 2.37. The largest absolute Gasteiger partial charge is 0.493 e. The highest BCUT2D eigenvalue weighted by atomic mass is 16.5. The fraction of sp³-hybridized carbons (Fsp3) is 0.481. The van der Waals surface area contributed by atoms with E-state index in [4.69, 9.17) is 14.6 Å². The molecule has 0 atom stereocenters. The normalized spacial score (nSPS) is 10.6. The van der Waals surface area contributed by atoms with Gasteiger partial charge in [0.2, 0.25) is 0 Å². The van der Waals surface area contributed by atoms with E-state index >= 15 is 0 Å². The smallest absolute Gasteiger partial charge is 0.321 e. The van der Waals surface area contributed by atoms with Crippen LogP contribution in [0.25, 0.3) is 11.1 Å². The van der Waals surface area contributed by atoms with Crippen molar-refractivity contribution < 1.29 is 24.2 Å². The van der Waals surface area contributed by atoms with E-state index in [9.17, 15) is 9.59 Å². The molecule has 2 rings (SSSR count). The molecule has 7 heteroatoms. The summed E-state index contributed by atoms with van der Waals surface area (Å²) in [6.07, 6.45) is 4.48. The number of aryl methyl sites for hydroxylation is 1. The molecule has 0 aliphatic rings. The first-order valence-electron chi connectivity index (χ1n) is 12.2. The van der Waals surface area contributed by atoms with Gasteiger partial charge in [-0.1, -0.05) is 44.9 Å². The number of amides is 2. The lowest BCUT2D eigenvalue weighted by molar-refractivity contribution is -0.136. The molecule has 0 bridgehead atoms. The molecule has 0 heterocycles. The number of anilines is 1. The van der Waals surface area contributed by atoms with Crippen LogP contribution in [0, 0.1) is 0 Å². The molecule has 0 saturated heterocycles. The average molecular weight is 471 g/mol. The molecular weight excluding hydrogens is 432 g/mol. The molecular formula is C27H38N2O5. The first-order chi connectivity index (χ1) is 16.4. The molecule has 2 aromatic carbocycles. The van der Waals surface area contributed by atoms with Gasteiger partial charge >= 0.3 is 12.0 Å². The van der Waals surface area contributed by atoms with Crippen LogP contribution in [0.1, 0.15) is 58.4 Å². The number of carboxylic acid groups (broad SMARTS) is 1. The minimum Gasteiger partial charge on any atom is -0.493 e. The fourth-order valence-electron chi connectivity index (χ4n) is 3.57. The van der Waals surface area contributed by atoms with E-state index in [0.29, 0.717) is 43.4 Å². The Morgan fingerprint density at radius 3 is 2.44 bits per heavy atom. The summed E-state index contributed by atoms with van der Waals surface area (Å²) in [4.78, 5) is 25.3. The molecule has 7 nitrogen and oxygen atoms in total. The highest BCUT2D eigenvalue weighted by Gasteiger charge is 2.18. The Balaban J connectivity index is 2.38. The number of benzene rings is 2. The highest BCUT2D eigenvalue weighted by molar-refractivity contribution is 5.94. The van der Waals surface area contributed by atoms with E-state index < -0.39 is 5.97 Å². The van der Waals surface area contributed by atoms with Gasteiger partial charge in [-0.3, -0.25) is 9.69 Å². The van der Waals surface area contributed by atoms with Crippen molar-refractivity contribution in [2.45, 2.75) is 59.3 Å². The Bertz CT molecular complexity index is 945. The second kappa shape index (κ2) is 14.1. The minimum atomic E-state index is -0.827. The molecule has 2 aromatic rings. The second-order valence-corrected chi connectivity index (χ2v) is 8.19. The summed E-state index contributed by atoms with van der Waals surface area (Å²) >= 11 is 0. The van der Waals surface area contributed by atoms with E-state index in [1.165, 1.54) is 0 Å². The summed E-state index contributed by atoms with van der Waals surface area (Å²) in [5, 5.41) is 12.0. The van der Waals surface area contributed by atoms with E-state index in [-0.39, 0.29) is 12.5 Å². The van der Waals surface area contributed by atoms with E-state index in [1.54, 1.807) is 11.9 Å². The molecule has 0 fully saturated rings. The van der Waals surface area contributed by atoms with Gasteiger partial charge in [-0.15, -0.1) is 0 Å². The summed E-state index contributed by atoms with van der Waals surface area (Å²) in [6.45, 7) is 7.76. The lowest BCUT2D eigenvalue weighted by atomic mass is 9.99. The van der Waals surface area contributed by atoms with Crippen LogP contribution < -0.4 is 19.7 Å². The van der Waals surface area contributed by atoms with Crippen molar-refractivity contribution in [2.75, 3.05) is 31.7 Å². The Kier molecular flexibility index (Phi) is 11.2. The molecule has 0 aliphatic heterocycles. The molecule has 34 heavy (non-hydrogen) atoms. The Morgan fingerprint density at radius 2 is 1.76 bits per heavy atom. The number of unbranched alkanes of at least 4 members (excludes halogenated alkanes) is 2. The number of carboxylic acids is 1. The van der Waals surface area contributed by atoms with Crippen LogP contribution >= 0.6 is 0 Å². The van der Waals surface area contributed by atoms with Gasteiger partial charge in [0, 0.05) is 25.6 Å². The molecule has 2 N–H and O–H groups in total. The van der Waals surface area contributed by atoms with Crippen molar-refractivity contribution in [3.05, 3.63) is 42.0 Å². The van der Waals surface area contributed by atoms with Gasteiger partial charge in [0.1, 0.15) is 11.5 Å². The number of hydrogen-bond donors (Lipinski definition) is 2. The molecule has 0 spiro atoms. The van der Waals surface area contributed by atoms with E-state index in [0.717, 1.165) is 42.4 Å². The van der Waals surface area contributed by atoms with E-state index in [1.807, 2.05) is 50.2 Å². The molecule has 0 radical (unpaired) electrons. The van der Waals surface area contributed by atoms with Gasteiger partial charge in [-0.05, 0) is 55.5 Å². The maximum absolute atomic E-state index is 12.8. The summed E-state index contributed by atoms with van der Waals surface area (Å²) in [5.41, 5.74) is 3.35. The Labute approximate surface area is 203 Å². The van der Waals surface area contributed by atoms with E-state index in [2.05, 4.69) is 12.2 Å². The number of hydrogen-bond acceptors (Lipinski definition) is 4. The lowest BCUT2D eigenvalue weighted by Gasteiger charge is -2.22. The predicted octanol–water partition coefficient (Wildman–Crippen LogP) is 5.89. The van der Waals surface area contributed by atoms with Gasteiger partial charge in [0.15, 0.2) is 0 Å². The third-order valence-corrected chi connectivity index (χ3v) is 5.43. The van der Waals surface area contributed by atoms with Crippen LogP contribution in [0.3, 0.4) is 0 Å². The van der Waals surface area contributed by atoms with Crippen LogP contribution in [0.2, 0.25) is 0 Å². The van der Waals surface area contributed by atoms with Crippen LogP contribution in [-0.2, 0) is 11.2 Å². The number of carbonyl (C=O) groups is 2. The zero-order valence-electron chi connectivity index (χ0n) is 20.9. The molecule has 0 aliphatic carbocycles. The first-order valence-corrected chi connectivity index (χ1v) is 12.2. The van der Waals surface area contributed by atoms with Crippen LogP contribution in [0.5, 0.6) is 11.5 Å². The quantitative estimate of drug-likeness (QED) is 0.336. The number of ether oxygens (including phenoxy) is 2. The number of nitrogens with zero attached hydrogens (tertiary/aromatic N) is 1. The van der Waals surface area contributed by atoms with Gasteiger partial charge < -0.3 is 19.9 Å². The van der Waals surface area contributed by atoms with Crippen molar-refractivity contribution in [2.24, 2.45) is 0 Å². The molecule has 186 valence electrons. The van der Waals surface area contributed by atoms with Crippen molar-refractivity contribution in [1.29, 1.82) is 0 Å². The number of nitrogens with one attached hydrogen (secondary N) is 1. The topological polar surface area (TPSA) is 88.1 Å². The van der Waals surface area contributed by atoms with Crippen molar-refractivity contribution in [3.8, 4) is 22.6 Å². The van der Waals surface area contributed by atoms with Gasteiger partial charge in [-0.2, -0.15) is 0 Å². The predicted molar refractivity (Wildman–Crippen MR) is 136 cm³/mol. The van der Waals surface area contributed by atoms with Crippen LogP contribution in [0.4, 0.5) is 10.5 Å². The summed E-state index contributed by atoms with van der Waals surface area (Å²) in [5.74, 6) is 0.505. The van der Waals surface area contributed by atoms with Crippen LogP contribution in [0.15, 0.2) is 36.4 Å². The zero-order valence-corrected chi connectivity index (χ0v) is 20.9. The van der Waals surface area contributed by atoms with Gasteiger partial charge in [-0.25, -0.2) is 4.79 Å². The first kappa shape index (κ1) is 27.0. The maximum Gasteiger partial charge on any atom is 0.321 e. The number of carbonyl (C=O) groups excluding carboxylic acids is 1. The molecule has 0 saturated carbocycles. The zero-order chi connectivity index (χ0) is 24.9. The SMILES string of the molecule is CCCCCNC(=O)N(C)c1cc(-c2ccc(CCC(=O)O)cc2OCCC)ccc1OCC. The third kappa shape index (κ3) is 7.97. The van der Waals surface area contributed by atoms with Crippen LogP contribution in [-0.4, -0.2) is 43.9 Å². The monoisotopic (exact) mass is 470 g/mol. The second-order valence-electron chi connectivity index (χ2n) is 8.19. The van der Waals surface area contributed by atoms with Crippen molar-refractivity contribution in [1.82, 2.24) is 5.32 Å². The van der Waals surface area contributed by atoms with Crippen molar-refractivity contribution in [3.63, 3.8) is 0 Å². The molecule has 2 amide bonds. The Morgan fingerprint density at radius 1 is 0.971 bits per heavy atom. The lowest BCUT2D eigenvalue weighted by Crippen LogP contribution is -2.38. The molecule has 0 unspecified atom stereocenters. The summed E-state index contributed by atoms with van der Waals surface area (Å²) < 4.78 is 11.8. The summed E-state index contributed by atoms with van der Waals surface area (Å²) in [7, 11) is 1.74. The van der Waals surface area contributed by atoms with Gasteiger partial charge in [0.05, 0.1) is 18.9 Å². The Hall–Kier alpha value is -3.22. The third-order valence-electron chi connectivity index (χ3n) is 5.43. The maximum atomic E-state index is 12.8. The summed E-state index contributed by atoms with van der Waals surface area (Å²) in [6, 6.07) is 11.4. The standard InChI is InChI=1S/C27H38N2O5/c1-5-8-9-16-28-27(32)29(4)23-19-21(12-14-24(23)33-7-3)22-13-10-20(11-15-26(30)31)18-25(22)34-17-6-2/h10,12-14,18-19H,5-9,11,15-17H2,1-4H3,(H,28,32)(H,30,31). The number of urea groups is 1. The fourth-order valence-corrected chi connectivity index (χ4v) is 3.57.